The largest absolute Gasteiger partial charge is 0.363 e. The zero-order chi connectivity index (χ0) is 15.2. The maximum atomic E-state index is 11.4. The molecule has 1 atom stereocenters. The molecule has 1 aromatic carbocycles. The molecule has 0 heterocycles. The Hall–Kier alpha value is -1.14. The lowest BCUT2D eigenvalue weighted by Crippen LogP contribution is -2.37. The Labute approximate surface area is 126 Å². The van der Waals surface area contributed by atoms with Gasteiger partial charge in [0.2, 0.25) is 0 Å². The molecule has 0 radical (unpaired) electrons. The normalized spacial score (nSPS) is 12.8. The topological polar surface area (TPSA) is 58.2 Å². The lowest BCUT2D eigenvalue weighted by molar-refractivity contribution is 0.601. The van der Waals surface area contributed by atoms with Gasteiger partial charge in [0.25, 0.3) is 0 Å². The Morgan fingerprint density at radius 1 is 1.30 bits per heavy atom. The zero-order valence-electron chi connectivity index (χ0n) is 12.1. The second kappa shape index (κ2) is 7.59. The maximum absolute atomic E-state index is 11.4. The molecule has 0 amide bonds. The van der Waals surface area contributed by atoms with Crippen LogP contribution in [0.25, 0.3) is 0 Å². The van der Waals surface area contributed by atoms with Gasteiger partial charge >= 0.3 is 0 Å². The van der Waals surface area contributed by atoms with Crippen LogP contribution in [-0.4, -0.2) is 26.3 Å². The molecular formula is C14H22N2O2S2. The predicted octanol–water partition coefficient (Wildman–Crippen LogP) is 2.42. The Morgan fingerprint density at radius 2 is 1.90 bits per heavy atom. The molecule has 0 saturated heterocycles. The van der Waals surface area contributed by atoms with Gasteiger partial charge in [-0.3, -0.25) is 0 Å². The standard InChI is InChI=1S/C14H22N2O2S2/c1-4-5-10-15-14(19)16-11(2)12-6-8-13(9-7-12)20(3,17)18/h6-9,11H,4-5,10H2,1-3H3,(H2,15,16,19)/t11-/m1/s1. The van der Waals surface area contributed by atoms with E-state index in [1.165, 1.54) is 6.26 Å². The van der Waals surface area contributed by atoms with E-state index in [4.69, 9.17) is 12.2 Å². The number of hydrogen-bond acceptors (Lipinski definition) is 3. The summed E-state index contributed by atoms with van der Waals surface area (Å²) in [6.07, 6.45) is 3.41. The second-order valence-corrected chi connectivity index (χ2v) is 7.24. The van der Waals surface area contributed by atoms with Gasteiger partial charge in [0, 0.05) is 12.8 Å². The van der Waals surface area contributed by atoms with Crippen molar-refractivity contribution in [1.82, 2.24) is 10.6 Å². The molecule has 1 aromatic rings. The molecule has 0 aromatic heterocycles. The van der Waals surface area contributed by atoms with Gasteiger partial charge in [0.1, 0.15) is 0 Å². The molecule has 0 spiro atoms. The van der Waals surface area contributed by atoms with Gasteiger partial charge in [-0.15, -0.1) is 0 Å². The zero-order valence-corrected chi connectivity index (χ0v) is 13.8. The molecule has 6 heteroatoms. The number of thiocarbonyl (C=S) groups is 1. The highest BCUT2D eigenvalue weighted by Gasteiger charge is 2.10. The fraction of sp³-hybridized carbons (Fsp3) is 0.500. The van der Waals surface area contributed by atoms with Crippen molar-refractivity contribution >= 4 is 27.2 Å². The first-order chi connectivity index (χ1) is 9.34. The molecule has 20 heavy (non-hydrogen) atoms. The summed E-state index contributed by atoms with van der Waals surface area (Å²) in [6, 6.07) is 6.89. The Balaban J connectivity index is 2.60. The minimum Gasteiger partial charge on any atom is -0.363 e. The molecule has 0 unspecified atom stereocenters. The van der Waals surface area contributed by atoms with Crippen LogP contribution < -0.4 is 10.6 Å². The van der Waals surface area contributed by atoms with Crippen LogP contribution in [0.5, 0.6) is 0 Å². The van der Waals surface area contributed by atoms with Crippen molar-refractivity contribution in [3.8, 4) is 0 Å². The first-order valence-corrected chi connectivity index (χ1v) is 8.99. The third kappa shape index (κ3) is 5.46. The van der Waals surface area contributed by atoms with E-state index >= 15 is 0 Å². The van der Waals surface area contributed by atoms with Gasteiger partial charge < -0.3 is 10.6 Å². The minimum absolute atomic E-state index is 0.0326. The summed E-state index contributed by atoms with van der Waals surface area (Å²) >= 11 is 5.21. The fourth-order valence-corrected chi connectivity index (χ4v) is 2.62. The van der Waals surface area contributed by atoms with Crippen LogP contribution in [-0.2, 0) is 9.84 Å². The number of rotatable bonds is 6. The van der Waals surface area contributed by atoms with E-state index in [2.05, 4.69) is 17.6 Å². The van der Waals surface area contributed by atoms with Crippen molar-refractivity contribution in [3.05, 3.63) is 29.8 Å². The Morgan fingerprint density at radius 3 is 2.40 bits per heavy atom. The molecule has 4 nitrogen and oxygen atoms in total. The summed E-state index contributed by atoms with van der Waals surface area (Å²) in [5.74, 6) is 0. The second-order valence-electron chi connectivity index (χ2n) is 4.82. The van der Waals surface area contributed by atoms with Crippen LogP contribution in [0, 0.1) is 0 Å². The molecule has 0 bridgehead atoms. The van der Waals surface area contributed by atoms with Crippen molar-refractivity contribution in [2.75, 3.05) is 12.8 Å². The van der Waals surface area contributed by atoms with Crippen molar-refractivity contribution in [2.45, 2.75) is 37.6 Å². The molecule has 1 rings (SSSR count). The van der Waals surface area contributed by atoms with Crippen LogP contribution in [0.3, 0.4) is 0 Å². The molecule has 0 saturated carbocycles. The summed E-state index contributed by atoms with van der Waals surface area (Å²) in [5, 5.41) is 6.95. The first kappa shape index (κ1) is 16.9. The average molecular weight is 314 g/mol. The molecule has 0 aliphatic rings. The first-order valence-electron chi connectivity index (χ1n) is 6.69. The monoisotopic (exact) mass is 314 g/mol. The van der Waals surface area contributed by atoms with Crippen molar-refractivity contribution in [1.29, 1.82) is 0 Å². The van der Waals surface area contributed by atoms with Crippen molar-refractivity contribution in [3.63, 3.8) is 0 Å². The molecule has 0 aliphatic carbocycles. The average Bonchev–Trinajstić information content (AvgIpc) is 2.38. The highest BCUT2D eigenvalue weighted by Crippen LogP contribution is 2.16. The van der Waals surface area contributed by atoms with E-state index in [-0.39, 0.29) is 6.04 Å². The molecular weight excluding hydrogens is 292 g/mol. The van der Waals surface area contributed by atoms with Crippen molar-refractivity contribution in [2.24, 2.45) is 0 Å². The van der Waals surface area contributed by atoms with Crippen LogP contribution in [0.4, 0.5) is 0 Å². The SMILES string of the molecule is CCCCNC(=S)N[C@H](C)c1ccc(S(C)(=O)=O)cc1. The summed E-state index contributed by atoms with van der Waals surface area (Å²) in [6.45, 7) is 4.98. The van der Waals surface area contributed by atoms with Crippen LogP contribution in [0.15, 0.2) is 29.2 Å². The number of unbranched alkanes of at least 4 members (excludes halogenated alkanes) is 1. The number of hydrogen-bond donors (Lipinski definition) is 2. The van der Waals surface area contributed by atoms with E-state index in [1.54, 1.807) is 12.1 Å². The third-order valence-electron chi connectivity index (χ3n) is 2.97. The maximum Gasteiger partial charge on any atom is 0.175 e. The van der Waals surface area contributed by atoms with E-state index in [0.717, 1.165) is 24.9 Å². The van der Waals surface area contributed by atoms with Crippen LogP contribution >= 0.6 is 12.2 Å². The van der Waals surface area contributed by atoms with Gasteiger partial charge in [-0.25, -0.2) is 8.42 Å². The van der Waals surface area contributed by atoms with Crippen LogP contribution in [0.2, 0.25) is 0 Å². The molecule has 0 fully saturated rings. The third-order valence-corrected chi connectivity index (χ3v) is 4.36. The van der Waals surface area contributed by atoms with E-state index in [0.29, 0.717) is 10.0 Å². The minimum atomic E-state index is -3.14. The highest BCUT2D eigenvalue weighted by atomic mass is 32.2. The van der Waals surface area contributed by atoms with Crippen LogP contribution in [0.1, 0.15) is 38.3 Å². The summed E-state index contributed by atoms with van der Waals surface area (Å²) < 4.78 is 22.8. The quantitative estimate of drug-likeness (QED) is 0.624. The van der Waals surface area contributed by atoms with Crippen molar-refractivity contribution < 1.29 is 8.42 Å². The van der Waals surface area contributed by atoms with E-state index in [1.807, 2.05) is 19.1 Å². The predicted molar refractivity (Wildman–Crippen MR) is 86.6 cm³/mol. The van der Waals surface area contributed by atoms with Gasteiger partial charge in [-0.05, 0) is 43.3 Å². The molecule has 2 N–H and O–H groups in total. The lowest BCUT2D eigenvalue weighted by Gasteiger charge is -2.17. The van der Waals surface area contributed by atoms with Gasteiger partial charge in [-0.2, -0.15) is 0 Å². The smallest absolute Gasteiger partial charge is 0.175 e. The molecule has 112 valence electrons. The van der Waals surface area contributed by atoms with E-state index in [9.17, 15) is 8.42 Å². The summed E-state index contributed by atoms with van der Waals surface area (Å²) in [7, 11) is -3.14. The number of benzene rings is 1. The Bertz CT molecular complexity index is 539. The Kier molecular flexibility index (Phi) is 6.42. The van der Waals surface area contributed by atoms with E-state index < -0.39 is 9.84 Å². The van der Waals surface area contributed by atoms with Gasteiger partial charge in [0.15, 0.2) is 14.9 Å². The van der Waals surface area contributed by atoms with Gasteiger partial charge in [0.05, 0.1) is 10.9 Å². The fourth-order valence-electron chi connectivity index (χ4n) is 1.71. The molecule has 0 aliphatic heterocycles. The number of nitrogens with one attached hydrogen (secondary N) is 2. The summed E-state index contributed by atoms with van der Waals surface area (Å²) in [5.41, 5.74) is 0.997. The highest BCUT2D eigenvalue weighted by molar-refractivity contribution is 7.90. The lowest BCUT2D eigenvalue weighted by atomic mass is 10.1. The van der Waals surface area contributed by atoms with Gasteiger partial charge in [-0.1, -0.05) is 25.5 Å². The number of sulfone groups is 1. The summed E-state index contributed by atoms with van der Waals surface area (Å²) in [4.78, 5) is 0.331.